The molecule has 27 heavy (non-hydrogen) atoms. The Balaban J connectivity index is 1.61. The Kier molecular flexibility index (Phi) is 5.72. The van der Waals surface area contributed by atoms with E-state index >= 15 is 0 Å². The van der Waals surface area contributed by atoms with Gasteiger partial charge in [-0.1, -0.05) is 29.4 Å². The maximum atomic E-state index is 12.2. The topological polar surface area (TPSA) is 114 Å². The molecule has 3 rings (SSSR count). The van der Waals surface area contributed by atoms with Crippen molar-refractivity contribution in [2.24, 2.45) is 4.99 Å². The number of nitro groups is 1. The van der Waals surface area contributed by atoms with Gasteiger partial charge in [0.05, 0.1) is 10.6 Å². The van der Waals surface area contributed by atoms with Gasteiger partial charge in [-0.15, -0.1) is 0 Å². The number of nitro benzene ring substituents is 1. The fraction of sp³-hybridized carbons (Fsp3) is 0.118. The number of non-ortho nitro benzene ring substituents is 1. The third kappa shape index (κ3) is 5.05. The maximum Gasteiger partial charge on any atom is 0.271 e. The normalized spacial score (nSPS) is 17.6. The number of thioether (sulfide) groups is 1. The number of nitrogens with one attached hydrogen (secondary N) is 2. The summed E-state index contributed by atoms with van der Waals surface area (Å²) in [5, 5.41) is 16.3. The molecule has 138 valence electrons. The molecule has 1 atom stereocenters. The minimum atomic E-state index is -0.630. The molecule has 0 aliphatic carbocycles. The van der Waals surface area contributed by atoms with Crippen LogP contribution in [0, 0.1) is 10.1 Å². The highest BCUT2D eigenvalue weighted by molar-refractivity contribution is 8.15. The van der Waals surface area contributed by atoms with Crippen LogP contribution in [0.2, 0.25) is 5.02 Å². The van der Waals surface area contributed by atoms with Crippen LogP contribution in [0.3, 0.4) is 0 Å². The fourth-order valence-corrected chi connectivity index (χ4v) is 3.42. The van der Waals surface area contributed by atoms with E-state index in [0.717, 1.165) is 11.8 Å². The summed E-state index contributed by atoms with van der Waals surface area (Å²) in [7, 11) is 0. The molecule has 0 bridgehead atoms. The largest absolute Gasteiger partial charge is 0.326 e. The second-order valence-electron chi connectivity index (χ2n) is 5.55. The molecule has 2 amide bonds. The van der Waals surface area contributed by atoms with Crippen LogP contribution in [-0.4, -0.2) is 27.2 Å². The van der Waals surface area contributed by atoms with Gasteiger partial charge >= 0.3 is 0 Å². The average Bonchev–Trinajstić information content (AvgIpc) is 2.96. The van der Waals surface area contributed by atoms with Crippen molar-refractivity contribution in [3.8, 4) is 0 Å². The summed E-state index contributed by atoms with van der Waals surface area (Å²) in [6.07, 6.45) is -0.0845. The zero-order valence-electron chi connectivity index (χ0n) is 13.7. The average molecular weight is 405 g/mol. The minimum Gasteiger partial charge on any atom is -0.326 e. The van der Waals surface area contributed by atoms with Crippen molar-refractivity contribution in [3.63, 3.8) is 0 Å². The Hall–Kier alpha value is -2.91. The molecule has 1 aliphatic rings. The number of carbonyl (C=O) groups excluding carboxylic acids is 2. The predicted octanol–water partition coefficient (Wildman–Crippen LogP) is 3.50. The van der Waals surface area contributed by atoms with Gasteiger partial charge in [-0.05, 0) is 30.3 Å². The van der Waals surface area contributed by atoms with E-state index in [1.165, 1.54) is 18.2 Å². The van der Waals surface area contributed by atoms with Crippen LogP contribution in [0.15, 0.2) is 53.5 Å². The van der Waals surface area contributed by atoms with E-state index in [1.807, 2.05) is 0 Å². The molecular weight excluding hydrogens is 392 g/mol. The summed E-state index contributed by atoms with van der Waals surface area (Å²) in [5.74, 6) is -0.738. The second kappa shape index (κ2) is 8.19. The van der Waals surface area contributed by atoms with Crippen LogP contribution in [0.25, 0.3) is 0 Å². The lowest BCUT2D eigenvalue weighted by Crippen LogP contribution is -2.28. The molecule has 2 aromatic rings. The maximum absolute atomic E-state index is 12.2. The van der Waals surface area contributed by atoms with Crippen molar-refractivity contribution in [1.82, 2.24) is 5.32 Å². The summed E-state index contributed by atoms with van der Waals surface area (Å²) < 4.78 is 0. The number of anilines is 1. The lowest BCUT2D eigenvalue weighted by molar-refractivity contribution is -0.384. The summed E-state index contributed by atoms with van der Waals surface area (Å²) in [5.41, 5.74) is 0.801. The zero-order chi connectivity index (χ0) is 19.4. The van der Waals surface area contributed by atoms with E-state index in [1.54, 1.807) is 30.3 Å². The van der Waals surface area contributed by atoms with Crippen LogP contribution in [0.1, 0.15) is 6.42 Å². The quantitative estimate of drug-likeness (QED) is 0.584. The Morgan fingerprint density at radius 2 is 2.04 bits per heavy atom. The molecular formula is C17H13ClN4O4S. The first-order valence-electron chi connectivity index (χ1n) is 7.77. The van der Waals surface area contributed by atoms with Crippen LogP contribution < -0.4 is 10.6 Å². The number of amidine groups is 1. The molecule has 0 aromatic heterocycles. The molecule has 0 spiro atoms. The first kappa shape index (κ1) is 18.9. The second-order valence-corrected chi connectivity index (χ2v) is 7.18. The van der Waals surface area contributed by atoms with E-state index in [4.69, 9.17) is 11.6 Å². The van der Waals surface area contributed by atoms with E-state index in [-0.39, 0.29) is 18.0 Å². The number of hydrogen-bond acceptors (Lipinski definition) is 6. The standard InChI is InChI=1S/C17H13ClN4O4S/c18-10-4-6-11(7-5-10)20-17-21-16(24)14(27-17)9-15(23)19-12-2-1-3-13(8-12)22(25)26/h1-8,14H,9H2,(H,19,23)(H,20,21,24). The summed E-state index contributed by atoms with van der Waals surface area (Å²) in [4.78, 5) is 38.8. The third-order valence-electron chi connectivity index (χ3n) is 3.55. The highest BCUT2D eigenvalue weighted by Gasteiger charge is 2.32. The number of halogens is 1. The van der Waals surface area contributed by atoms with Gasteiger partial charge in [0, 0.05) is 29.3 Å². The van der Waals surface area contributed by atoms with Crippen molar-refractivity contribution in [3.05, 3.63) is 63.7 Å². The van der Waals surface area contributed by atoms with Gasteiger partial charge in [-0.2, -0.15) is 0 Å². The number of carbonyl (C=O) groups is 2. The smallest absolute Gasteiger partial charge is 0.271 e. The molecule has 1 unspecified atom stereocenters. The third-order valence-corrected chi connectivity index (χ3v) is 4.88. The van der Waals surface area contributed by atoms with Gasteiger partial charge < -0.3 is 10.6 Å². The molecule has 8 nitrogen and oxygen atoms in total. The highest BCUT2D eigenvalue weighted by Crippen LogP contribution is 2.26. The van der Waals surface area contributed by atoms with Crippen molar-refractivity contribution < 1.29 is 14.5 Å². The van der Waals surface area contributed by atoms with Gasteiger partial charge in [0.25, 0.3) is 5.69 Å². The van der Waals surface area contributed by atoms with Crippen LogP contribution in [-0.2, 0) is 9.59 Å². The molecule has 0 saturated carbocycles. The Labute approximate surface area is 163 Å². The summed E-state index contributed by atoms with van der Waals surface area (Å²) in [6.45, 7) is 0. The molecule has 10 heteroatoms. The lowest BCUT2D eigenvalue weighted by atomic mass is 10.2. The lowest BCUT2D eigenvalue weighted by Gasteiger charge is -2.07. The molecule has 1 fully saturated rings. The van der Waals surface area contributed by atoms with Crippen LogP contribution >= 0.6 is 23.4 Å². The van der Waals surface area contributed by atoms with E-state index < -0.39 is 16.1 Å². The van der Waals surface area contributed by atoms with Gasteiger partial charge in [0.2, 0.25) is 11.8 Å². The first-order chi connectivity index (χ1) is 12.9. The molecule has 2 aromatic carbocycles. The number of aliphatic imine (C=N–C) groups is 1. The number of hydrogen-bond donors (Lipinski definition) is 2. The molecule has 1 heterocycles. The monoisotopic (exact) mass is 404 g/mol. The van der Waals surface area contributed by atoms with Crippen molar-refractivity contribution in [2.45, 2.75) is 11.7 Å². The Morgan fingerprint density at radius 1 is 1.30 bits per heavy atom. The Morgan fingerprint density at radius 3 is 2.74 bits per heavy atom. The Bertz CT molecular complexity index is 933. The predicted molar refractivity (Wildman–Crippen MR) is 104 cm³/mol. The number of amides is 2. The van der Waals surface area contributed by atoms with Crippen LogP contribution in [0.5, 0.6) is 0 Å². The molecule has 2 N–H and O–H groups in total. The minimum absolute atomic E-state index is 0.0845. The number of rotatable bonds is 5. The van der Waals surface area contributed by atoms with Crippen molar-refractivity contribution in [1.29, 1.82) is 0 Å². The van der Waals surface area contributed by atoms with Gasteiger partial charge in [-0.25, -0.2) is 4.99 Å². The molecule has 1 saturated heterocycles. The van der Waals surface area contributed by atoms with E-state index in [9.17, 15) is 19.7 Å². The summed E-state index contributed by atoms with van der Waals surface area (Å²) >= 11 is 6.97. The molecule has 1 aliphatic heterocycles. The first-order valence-corrected chi connectivity index (χ1v) is 9.02. The van der Waals surface area contributed by atoms with Crippen molar-refractivity contribution >= 4 is 57.4 Å². The van der Waals surface area contributed by atoms with E-state index in [0.29, 0.717) is 21.6 Å². The highest BCUT2D eigenvalue weighted by atomic mass is 35.5. The van der Waals surface area contributed by atoms with Gasteiger partial charge in [0.15, 0.2) is 5.17 Å². The number of benzene rings is 2. The summed E-state index contributed by atoms with van der Waals surface area (Å²) in [6, 6.07) is 12.4. The van der Waals surface area contributed by atoms with Crippen molar-refractivity contribution in [2.75, 3.05) is 5.32 Å². The molecule has 0 radical (unpaired) electrons. The van der Waals surface area contributed by atoms with Gasteiger partial charge in [0.1, 0.15) is 5.25 Å². The SMILES string of the molecule is O=C(CC1SC(=Nc2ccc(Cl)cc2)NC1=O)Nc1cccc([N+](=O)[O-])c1. The van der Waals surface area contributed by atoms with Gasteiger partial charge in [-0.3, -0.25) is 19.7 Å². The number of nitrogens with zero attached hydrogens (tertiary/aromatic N) is 2. The zero-order valence-corrected chi connectivity index (χ0v) is 15.3. The van der Waals surface area contributed by atoms with E-state index in [2.05, 4.69) is 15.6 Å². The van der Waals surface area contributed by atoms with Crippen LogP contribution in [0.4, 0.5) is 17.1 Å². The fourth-order valence-electron chi connectivity index (χ4n) is 2.30.